The van der Waals surface area contributed by atoms with Crippen LogP contribution in [0.4, 0.5) is 5.69 Å². The minimum absolute atomic E-state index is 0.425. The number of hydrogen-bond donors (Lipinski definition) is 2. The van der Waals surface area contributed by atoms with Crippen LogP contribution in [0.15, 0.2) is 48.5 Å². The predicted octanol–water partition coefficient (Wildman–Crippen LogP) is 2.31. The molecule has 0 spiro atoms. The lowest BCUT2D eigenvalue weighted by atomic mass is 10.1. The summed E-state index contributed by atoms with van der Waals surface area (Å²) in [5.41, 5.74) is 14.1. The topological polar surface area (TPSA) is 61.3 Å². The second kappa shape index (κ2) is 5.37. The molecule has 3 heteroatoms. The number of anilines is 1. The molecule has 0 atom stereocenters. The molecule has 2 aromatic carbocycles. The van der Waals surface area contributed by atoms with Crippen LogP contribution in [-0.4, -0.2) is 0 Å². The van der Waals surface area contributed by atoms with Gasteiger partial charge in [0.15, 0.2) is 0 Å². The summed E-state index contributed by atoms with van der Waals surface area (Å²) in [6.45, 7) is 0.975. The Morgan fingerprint density at radius 2 is 1.76 bits per heavy atom. The molecular weight excluding hydrogens is 212 g/mol. The lowest BCUT2D eigenvalue weighted by Gasteiger charge is -2.09. The van der Waals surface area contributed by atoms with E-state index in [1.54, 1.807) is 0 Å². The first-order chi connectivity index (χ1) is 8.29. The Bertz CT molecular complexity index is 483. The summed E-state index contributed by atoms with van der Waals surface area (Å²) in [7, 11) is 0. The molecule has 2 aromatic rings. The van der Waals surface area contributed by atoms with E-state index in [0.717, 1.165) is 16.9 Å². The van der Waals surface area contributed by atoms with Gasteiger partial charge in [0.1, 0.15) is 12.4 Å². The quantitative estimate of drug-likeness (QED) is 0.789. The van der Waals surface area contributed by atoms with E-state index >= 15 is 0 Å². The predicted molar refractivity (Wildman–Crippen MR) is 69.5 cm³/mol. The second-order valence-corrected chi connectivity index (χ2v) is 3.84. The average Bonchev–Trinajstić information content (AvgIpc) is 2.39. The van der Waals surface area contributed by atoms with Crippen molar-refractivity contribution in [1.82, 2.24) is 0 Å². The van der Waals surface area contributed by atoms with E-state index in [0.29, 0.717) is 18.8 Å². The number of rotatable bonds is 4. The summed E-state index contributed by atoms with van der Waals surface area (Å²) in [6.07, 6.45) is 0. The van der Waals surface area contributed by atoms with Gasteiger partial charge in [0.05, 0.1) is 0 Å². The zero-order chi connectivity index (χ0) is 12.1. The molecule has 0 radical (unpaired) electrons. The van der Waals surface area contributed by atoms with Gasteiger partial charge in [0.25, 0.3) is 0 Å². The van der Waals surface area contributed by atoms with Crippen LogP contribution in [0.2, 0.25) is 0 Å². The maximum absolute atomic E-state index is 5.77. The second-order valence-electron chi connectivity index (χ2n) is 3.84. The molecule has 0 saturated heterocycles. The first-order valence-electron chi connectivity index (χ1n) is 5.55. The maximum Gasteiger partial charge on any atom is 0.120 e. The van der Waals surface area contributed by atoms with E-state index in [-0.39, 0.29) is 0 Å². The first-order valence-corrected chi connectivity index (χ1v) is 5.55. The van der Waals surface area contributed by atoms with E-state index in [2.05, 4.69) is 0 Å². The van der Waals surface area contributed by atoms with Crippen molar-refractivity contribution in [3.05, 3.63) is 59.7 Å². The lowest BCUT2D eigenvalue weighted by Crippen LogP contribution is -2.02. The van der Waals surface area contributed by atoms with Gasteiger partial charge in [0.2, 0.25) is 0 Å². The Kier molecular flexibility index (Phi) is 3.62. The molecule has 0 aliphatic carbocycles. The Labute approximate surface area is 101 Å². The standard InChI is InChI=1S/C14H16N2O/c15-9-12-8-13(6-7-14(12)16)17-10-11-4-2-1-3-5-11/h1-8H,9-10,15-16H2. The molecule has 88 valence electrons. The Morgan fingerprint density at radius 3 is 2.47 bits per heavy atom. The highest BCUT2D eigenvalue weighted by molar-refractivity contribution is 5.50. The molecule has 0 amide bonds. The monoisotopic (exact) mass is 228 g/mol. The summed E-state index contributed by atoms with van der Waals surface area (Å²) < 4.78 is 5.68. The van der Waals surface area contributed by atoms with Crippen LogP contribution in [0.25, 0.3) is 0 Å². The average molecular weight is 228 g/mol. The SMILES string of the molecule is NCc1cc(OCc2ccccc2)ccc1N. The summed E-state index contributed by atoms with van der Waals surface area (Å²) in [5.74, 6) is 0.795. The highest BCUT2D eigenvalue weighted by Crippen LogP contribution is 2.20. The first kappa shape index (κ1) is 11.5. The molecule has 0 aliphatic heterocycles. The largest absolute Gasteiger partial charge is 0.489 e. The van der Waals surface area contributed by atoms with Crippen LogP contribution in [0, 0.1) is 0 Å². The van der Waals surface area contributed by atoms with Crippen LogP contribution >= 0.6 is 0 Å². The van der Waals surface area contributed by atoms with Gasteiger partial charge in [-0.05, 0) is 29.3 Å². The van der Waals surface area contributed by atoms with Crippen molar-refractivity contribution >= 4 is 5.69 Å². The molecule has 3 nitrogen and oxygen atoms in total. The third-order valence-electron chi connectivity index (χ3n) is 2.58. The molecule has 0 aromatic heterocycles. The molecule has 0 unspecified atom stereocenters. The van der Waals surface area contributed by atoms with Crippen LogP contribution in [0.3, 0.4) is 0 Å². The van der Waals surface area contributed by atoms with Crippen molar-refractivity contribution in [1.29, 1.82) is 0 Å². The third-order valence-corrected chi connectivity index (χ3v) is 2.58. The van der Waals surface area contributed by atoms with Gasteiger partial charge in [-0.2, -0.15) is 0 Å². The van der Waals surface area contributed by atoms with E-state index in [1.165, 1.54) is 0 Å². The van der Waals surface area contributed by atoms with Gasteiger partial charge in [-0.3, -0.25) is 0 Å². The molecule has 0 bridgehead atoms. The molecule has 2 rings (SSSR count). The fourth-order valence-corrected chi connectivity index (χ4v) is 1.59. The van der Waals surface area contributed by atoms with Crippen molar-refractivity contribution in [2.24, 2.45) is 5.73 Å². The summed E-state index contributed by atoms with van der Waals surface area (Å²) >= 11 is 0. The van der Waals surface area contributed by atoms with Gasteiger partial charge in [-0.15, -0.1) is 0 Å². The summed E-state index contributed by atoms with van der Waals surface area (Å²) in [6, 6.07) is 15.6. The Balaban J connectivity index is 2.04. The van der Waals surface area contributed by atoms with Crippen LogP contribution < -0.4 is 16.2 Å². The molecule has 0 heterocycles. The van der Waals surface area contributed by atoms with Crippen LogP contribution in [-0.2, 0) is 13.2 Å². The Hall–Kier alpha value is -2.00. The van der Waals surface area contributed by atoms with E-state index < -0.39 is 0 Å². The third kappa shape index (κ3) is 2.98. The molecule has 0 aliphatic rings. The van der Waals surface area contributed by atoms with Gasteiger partial charge >= 0.3 is 0 Å². The van der Waals surface area contributed by atoms with Crippen molar-refractivity contribution in [2.45, 2.75) is 13.2 Å². The molecule has 0 fully saturated rings. The van der Waals surface area contributed by atoms with Crippen LogP contribution in [0.5, 0.6) is 5.75 Å². The minimum atomic E-state index is 0.425. The van der Waals surface area contributed by atoms with Crippen molar-refractivity contribution in [2.75, 3.05) is 5.73 Å². The van der Waals surface area contributed by atoms with Gasteiger partial charge < -0.3 is 16.2 Å². The van der Waals surface area contributed by atoms with E-state index in [9.17, 15) is 0 Å². The highest BCUT2D eigenvalue weighted by Gasteiger charge is 2.00. The molecular formula is C14H16N2O. The van der Waals surface area contributed by atoms with Crippen molar-refractivity contribution in [3.63, 3.8) is 0 Å². The van der Waals surface area contributed by atoms with Crippen LogP contribution in [0.1, 0.15) is 11.1 Å². The molecule has 17 heavy (non-hydrogen) atoms. The lowest BCUT2D eigenvalue weighted by molar-refractivity contribution is 0.306. The maximum atomic E-state index is 5.77. The highest BCUT2D eigenvalue weighted by atomic mass is 16.5. The number of benzene rings is 2. The van der Waals surface area contributed by atoms with Gasteiger partial charge in [-0.1, -0.05) is 30.3 Å². The van der Waals surface area contributed by atoms with Gasteiger partial charge in [0, 0.05) is 12.2 Å². The summed E-state index contributed by atoms with van der Waals surface area (Å²) in [4.78, 5) is 0. The number of nitrogen functional groups attached to an aromatic ring is 1. The zero-order valence-electron chi connectivity index (χ0n) is 9.60. The fourth-order valence-electron chi connectivity index (χ4n) is 1.59. The number of hydrogen-bond acceptors (Lipinski definition) is 3. The minimum Gasteiger partial charge on any atom is -0.489 e. The molecule has 4 N–H and O–H groups in total. The van der Waals surface area contributed by atoms with Crippen molar-refractivity contribution < 1.29 is 4.74 Å². The Morgan fingerprint density at radius 1 is 1.00 bits per heavy atom. The normalized spacial score (nSPS) is 10.2. The smallest absolute Gasteiger partial charge is 0.120 e. The van der Waals surface area contributed by atoms with E-state index in [1.807, 2.05) is 48.5 Å². The fraction of sp³-hybridized carbons (Fsp3) is 0.143. The van der Waals surface area contributed by atoms with E-state index in [4.69, 9.17) is 16.2 Å². The zero-order valence-corrected chi connectivity index (χ0v) is 9.60. The number of ether oxygens (including phenoxy) is 1. The van der Waals surface area contributed by atoms with Gasteiger partial charge in [-0.25, -0.2) is 0 Å². The van der Waals surface area contributed by atoms with Crippen molar-refractivity contribution in [3.8, 4) is 5.75 Å². The number of nitrogens with two attached hydrogens (primary N) is 2. The molecule has 0 saturated carbocycles. The summed E-state index contributed by atoms with van der Waals surface area (Å²) in [5, 5.41) is 0.